The van der Waals surface area contributed by atoms with Crippen molar-refractivity contribution in [3.8, 4) is 0 Å². The summed E-state index contributed by atoms with van der Waals surface area (Å²) in [5.41, 5.74) is 6.72. The van der Waals surface area contributed by atoms with E-state index in [2.05, 4.69) is 74.5 Å². The molecule has 3 aromatic carbocycles. The van der Waals surface area contributed by atoms with Gasteiger partial charge in [0.1, 0.15) is 0 Å². The van der Waals surface area contributed by atoms with E-state index in [1.54, 1.807) is 22.3 Å². The molecule has 0 spiro atoms. The fourth-order valence-electron chi connectivity index (χ4n) is 5.73. The molecule has 2 aliphatic carbocycles. The van der Waals surface area contributed by atoms with Gasteiger partial charge in [-0.2, -0.15) is 0 Å². The number of fused-ring (bicyclic) bond motifs is 4. The van der Waals surface area contributed by atoms with Gasteiger partial charge in [0.15, 0.2) is 0 Å². The first-order chi connectivity index (χ1) is 12.2. The van der Waals surface area contributed by atoms with Crippen LogP contribution in [-0.4, -0.2) is 0 Å². The minimum absolute atomic E-state index is 0.294. The van der Waals surface area contributed by atoms with Crippen molar-refractivity contribution in [1.29, 1.82) is 0 Å². The highest BCUT2D eigenvalue weighted by Crippen LogP contribution is 2.56. The topological polar surface area (TPSA) is 0 Å². The molecule has 2 atom stereocenters. The minimum Gasteiger partial charge on any atom is -0.0620 e. The molecule has 0 radical (unpaired) electrons. The summed E-state index contributed by atoms with van der Waals surface area (Å²) in [5, 5.41) is 2.89. The molecule has 0 heteroatoms. The number of hydrogen-bond donors (Lipinski definition) is 0. The molecule has 0 nitrogen and oxygen atoms in total. The third-order valence-electron chi connectivity index (χ3n) is 7.04. The van der Waals surface area contributed by atoms with Crippen LogP contribution in [0.2, 0.25) is 0 Å². The summed E-state index contributed by atoms with van der Waals surface area (Å²) in [5.74, 6) is 1.34. The third-order valence-corrected chi connectivity index (χ3v) is 7.04. The van der Waals surface area contributed by atoms with Gasteiger partial charge in [0.2, 0.25) is 0 Å². The van der Waals surface area contributed by atoms with Crippen LogP contribution in [0.3, 0.4) is 0 Å². The molecule has 0 aromatic heterocycles. The van der Waals surface area contributed by atoms with Crippen LogP contribution in [0.25, 0.3) is 10.8 Å². The first-order valence-corrected chi connectivity index (χ1v) is 9.74. The Morgan fingerprint density at radius 3 is 2.36 bits per heavy atom. The smallest absolute Gasteiger partial charge is 0.00927 e. The van der Waals surface area contributed by atoms with E-state index in [1.165, 1.54) is 36.5 Å². The van der Waals surface area contributed by atoms with Gasteiger partial charge in [-0.25, -0.2) is 0 Å². The predicted octanol–water partition coefficient (Wildman–Crippen LogP) is 6.63. The molecule has 0 amide bonds. The van der Waals surface area contributed by atoms with Crippen LogP contribution < -0.4 is 0 Å². The van der Waals surface area contributed by atoms with Crippen molar-refractivity contribution in [2.75, 3.05) is 0 Å². The van der Waals surface area contributed by atoms with Gasteiger partial charge in [0, 0.05) is 0 Å². The standard InChI is InChI=1S/C25H26/c1-25(2,22-15-13-17-7-3-5-9-20(17)22)23-16-14-19-12-11-18-8-4-6-10-21(18)24(19)23/h3-12,22-23H,13-16H2,1-2H3. The summed E-state index contributed by atoms with van der Waals surface area (Å²) in [6.07, 6.45) is 5.10. The van der Waals surface area contributed by atoms with Crippen LogP contribution >= 0.6 is 0 Å². The van der Waals surface area contributed by atoms with Gasteiger partial charge in [0.25, 0.3) is 0 Å². The Bertz CT molecular complexity index is 947. The molecule has 25 heavy (non-hydrogen) atoms. The number of hydrogen-bond acceptors (Lipinski definition) is 0. The van der Waals surface area contributed by atoms with Crippen molar-refractivity contribution in [3.63, 3.8) is 0 Å². The normalized spacial score (nSPS) is 22.2. The molecule has 2 unspecified atom stereocenters. The van der Waals surface area contributed by atoms with E-state index < -0.39 is 0 Å². The average Bonchev–Trinajstić information content (AvgIpc) is 3.26. The van der Waals surface area contributed by atoms with Crippen molar-refractivity contribution in [3.05, 3.63) is 82.9 Å². The van der Waals surface area contributed by atoms with Crippen LogP contribution in [0.5, 0.6) is 0 Å². The van der Waals surface area contributed by atoms with Crippen molar-refractivity contribution in [2.45, 2.75) is 51.4 Å². The van der Waals surface area contributed by atoms with Crippen LogP contribution in [0, 0.1) is 5.41 Å². The van der Waals surface area contributed by atoms with Gasteiger partial charge >= 0.3 is 0 Å². The zero-order valence-electron chi connectivity index (χ0n) is 15.3. The Morgan fingerprint density at radius 2 is 1.44 bits per heavy atom. The number of benzene rings is 3. The summed E-state index contributed by atoms with van der Waals surface area (Å²) >= 11 is 0. The van der Waals surface area contributed by atoms with Crippen LogP contribution in [-0.2, 0) is 12.8 Å². The molecule has 0 saturated carbocycles. The second-order valence-electron chi connectivity index (χ2n) is 8.56. The Balaban J connectivity index is 1.63. The molecule has 0 N–H and O–H groups in total. The SMILES string of the molecule is CC(C)(C1CCc2ccccc21)C1CCc2ccc3ccccc3c21. The Kier molecular flexibility index (Phi) is 3.32. The fourth-order valence-corrected chi connectivity index (χ4v) is 5.73. The fraction of sp³-hybridized carbons (Fsp3) is 0.360. The van der Waals surface area contributed by atoms with Crippen molar-refractivity contribution in [1.82, 2.24) is 0 Å². The lowest BCUT2D eigenvalue weighted by Gasteiger charge is -2.39. The highest BCUT2D eigenvalue weighted by Gasteiger charge is 2.44. The van der Waals surface area contributed by atoms with E-state index in [1.807, 2.05) is 0 Å². The molecule has 126 valence electrons. The molecule has 0 fully saturated rings. The molecule has 0 aliphatic heterocycles. The molecular formula is C25H26. The van der Waals surface area contributed by atoms with E-state index in [9.17, 15) is 0 Å². The van der Waals surface area contributed by atoms with Gasteiger partial charge in [-0.15, -0.1) is 0 Å². The molecule has 3 aromatic rings. The Morgan fingerprint density at radius 1 is 0.720 bits per heavy atom. The first-order valence-electron chi connectivity index (χ1n) is 9.74. The van der Waals surface area contributed by atoms with E-state index in [0.717, 1.165) is 0 Å². The highest BCUT2D eigenvalue weighted by atomic mass is 14.5. The maximum atomic E-state index is 2.53. The van der Waals surface area contributed by atoms with Gasteiger partial charge in [-0.3, -0.25) is 0 Å². The van der Waals surface area contributed by atoms with E-state index in [-0.39, 0.29) is 0 Å². The molecule has 0 heterocycles. The Labute approximate surface area is 150 Å². The summed E-state index contributed by atoms with van der Waals surface area (Å²) < 4.78 is 0. The lowest BCUT2D eigenvalue weighted by molar-refractivity contribution is 0.221. The van der Waals surface area contributed by atoms with Crippen LogP contribution in [0.4, 0.5) is 0 Å². The lowest BCUT2D eigenvalue weighted by Crippen LogP contribution is -2.27. The minimum atomic E-state index is 0.294. The summed E-state index contributed by atoms with van der Waals surface area (Å²) in [4.78, 5) is 0. The van der Waals surface area contributed by atoms with Gasteiger partial charge in [0.05, 0.1) is 0 Å². The largest absolute Gasteiger partial charge is 0.0620 e. The number of rotatable bonds is 2. The maximum Gasteiger partial charge on any atom is -0.00927 e. The van der Waals surface area contributed by atoms with Crippen LogP contribution in [0.15, 0.2) is 60.7 Å². The summed E-state index contributed by atoms with van der Waals surface area (Å²) in [6.45, 7) is 5.06. The lowest BCUT2D eigenvalue weighted by atomic mass is 9.65. The number of aryl methyl sites for hydroxylation is 2. The van der Waals surface area contributed by atoms with Crippen molar-refractivity contribution >= 4 is 10.8 Å². The van der Waals surface area contributed by atoms with E-state index >= 15 is 0 Å². The van der Waals surface area contributed by atoms with Crippen molar-refractivity contribution in [2.24, 2.45) is 5.41 Å². The predicted molar refractivity (Wildman–Crippen MR) is 106 cm³/mol. The molecule has 5 rings (SSSR count). The molecular weight excluding hydrogens is 300 g/mol. The third kappa shape index (κ3) is 2.20. The zero-order chi connectivity index (χ0) is 17.0. The zero-order valence-corrected chi connectivity index (χ0v) is 15.3. The van der Waals surface area contributed by atoms with Crippen LogP contribution in [0.1, 0.15) is 60.8 Å². The van der Waals surface area contributed by atoms with Crippen molar-refractivity contribution < 1.29 is 0 Å². The molecule has 0 saturated heterocycles. The van der Waals surface area contributed by atoms with Gasteiger partial charge in [-0.1, -0.05) is 74.5 Å². The molecule has 0 bridgehead atoms. The molecule has 2 aliphatic rings. The van der Waals surface area contributed by atoms with E-state index in [4.69, 9.17) is 0 Å². The first kappa shape index (κ1) is 15.2. The highest BCUT2D eigenvalue weighted by molar-refractivity contribution is 5.88. The van der Waals surface area contributed by atoms with E-state index in [0.29, 0.717) is 17.3 Å². The summed E-state index contributed by atoms with van der Waals surface area (Å²) in [7, 11) is 0. The monoisotopic (exact) mass is 326 g/mol. The maximum absolute atomic E-state index is 2.53. The van der Waals surface area contributed by atoms with Gasteiger partial charge in [-0.05, 0) is 76.0 Å². The average molecular weight is 326 g/mol. The summed E-state index contributed by atoms with van der Waals surface area (Å²) in [6, 6.07) is 22.8. The second kappa shape index (κ2) is 5.46. The quantitative estimate of drug-likeness (QED) is 0.496. The van der Waals surface area contributed by atoms with Gasteiger partial charge < -0.3 is 0 Å². The second-order valence-corrected chi connectivity index (χ2v) is 8.56. The Hall–Kier alpha value is -2.08.